The van der Waals surface area contributed by atoms with Crippen molar-refractivity contribution in [2.45, 2.75) is 186 Å². The lowest BCUT2D eigenvalue weighted by atomic mass is 9.95. The average Bonchev–Trinajstić information content (AvgIpc) is 2.31. The van der Waals surface area contributed by atoms with Crippen molar-refractivity contribution in [2.75, 3.05) is 75.0 Å². The highest BCUT2D eigenvalue weighted by atomic mass is 35.5. The Morgan fingerprint density at radius 1 is 0.630 bits per heavy atom. The molecule has 4 N–H and O–H groups in total. The summed E-state index contributed by atoms with van der Waals surface area (Å²) in [6.45, 7) is 9.49. The van der Waals surface area contributed by atoms with Crippen molar-refractivity contribution < 1.29 is 65.9 Å². The summed E-state index contributed by atoms with van der Waals surface area (Å²) in [4.78, 5) is 165. The van der Waals surface area contributed by atoms with E-state index < -0.39 is 144 Å². The summed E-state index contributed by atoms with van der Waals surface area (Å²) in [5, 5.41) is 10.9. The summed E-state index contributed by atoms with van der Waals surface area (Å²) < 4.78 is 41.1. The Morgan fingerprint density at radius 3 is 1.87 bits per heavy atom. The Bertz CT molecular complexity index is 2950. The number of carbonyl (C=O) groups is 11. The number of carbonyl (C=O) groups excluding carboxylic acids is 11. The number of likely N-dealkylation sites (N-methyl/N-ethyl adjacent to an activating group) is 6. The first-order valence-electron chi connectivity index (χ1n) is 32.1. The normalized spacial score (nSPS) is 24.9. The van der Waals surface area contributed by atoms with Gasteiger partial charge >= 0.3 is 6.18 Å². The van der Waals surface area contributed by atoms with Crippen LogP contribution >= 0.6 is 11.6 Å². The number of fused-ring (bicyclic) bond motifs is 1. The van der Waals surface area contributed by atoms with Crippen LogP contribution in [0.3, 0.4) is 0 Å². The second-order valence-electron chi connectivity index (χ2n) is 25.9. The van der Waals surface area contributed by atoms with Crippen molar-refractivity contribution in [3.63, 3.8) is 0 Å². The van der Waals surface area contributed by atoms with Gasteiger partial charge in [0.05, 0.1) is 30.2 Å². The molecule has 0 aromatic heterocycles. The fourth-order valence-electron chi connectivity index (χ4n) is 12.2. The average molecular weight is 1310 g/mol. The summed E-state index contributed by atoms with van der Waals surface area (Å²) >= 11 is 6.08. The lowest BCUT2D eigenvalue weighted by Crippen LogP contribution is -2.58. The van der Waals surface area contributed by atoms with Gasteiger partial charge in [-0.1, -0.05) is 94.5 Å². The second kappa shape index (κ2) is 34.6. The zero-order valence-electron chi connectivity index (χ0n) is 55.6. The smallest absolute Gasteiger partial charge is 0.354 e. The van der Waals surface area contributed by atoms with Crippen LogP contribution in [0.4, 0.5) is 13.2 Å². The Labute approximate surface area is 544 Å². The van der Waals surface area contributed by atoms with Crippen LogP contribution in [-0.2, 0) is 71.8 Å². The summed E-state index contributed by atoms with van der Waals surface area (Å²) in [5.41, 5.74) is 0.841. The molecule has 2 heterocycles. The number of benzene rings is 2. The minimum Gasteiger partial charge on any atom is -0.354 e. The van der Waals surface area contributed by atoms with Gasteiger partial charge in [0.1, 0.15) is 36.3 Å². The zero-order valence-corrected chi connectivity index (χ0v) is 56.3. The summed E-state index contributed by atoms with van der Waals surface area (Å²) in [7, 11) is 8.54. The largest absolute Gasteiger partial charge is 0.417 e. The van der Waals surface area contributed by atoms with Gasteiger partial charge in [-0.15, -0.1) is 0 Å². The Hall–Kier alpha value is -7.31. The van der Waals surface area contributed by atoms with Gasteiger partial charge in [0.25, 0.3) is 0 Å². The molecule has 5 rings (SSSR count). The van der Waals surface area contributed by atoms with E-state index in [2.05, 4.69) is 21.3 Å². The van der Waals surface area contributed by atoms with Crippen molar-refractivity contribution >= 4 is 76.6 Å². The molecule has 3 fully saturated rings. The van der Waals surface area contributed by atoms with Crippen LogP contribution in [0.5, 0.6) is 0 Å². The van der Waals surface area contributed by atoms with Gasteiger partial charge in [-0.3, -0.25) is 52.7 Å². The van der Waals surface area contributed by atoms with Gasteiger partial charge in [-0.05, 0) is 113 Å². The quantitative estimate of drug-likeness (QED) is 0.242. The van der Waals surface area contributed by atoms with Crippen molar-refractivity contribution in [1.29, 1.82) is 0 Å². The molecule has 2 aromatic rings. The molecule has 22 nitrogen and oxygen atoms in total. The van der Waals surface area contributed by atoms with Crippen LogP contribution in [0.15, 0.2) is 42.5 Å². The van der Waals surface area contributed by atoms with E-state index in [1.54, 1.807) is 33.0 Å². The molecular weight excluding hydrogens is 1220 g/mol. The van der Waals surface area contributed by atoms with Crippen LogP contribution < -0.4 is 21.3 Å². The molecule has 3 aliphatic rings. The maximum atomic E-state index is 14.7. The minimum absolute atomic E-state index is 0.0320. The summed E-state index contributed by atoms with van der Waals surface area (Å²) in [6.07, 6.45) is 0.0796. The van der Waals surface area contributed by atoms with Crippen LogP contribution in [0.1, 0.15) is 140 Å². The Balaban J connectivity index is 1.47. The highest BCUT2D eigenvalue weighted by Gasteiger charge is 2.42. The van der Waals surface area contributed by atoms with Crippen LogP contribution in [-0.4, -0.2) is 217 Å². The van der Waals surface area contributed by atoms with E-state index in [4.69, 9.17) is 11.6 Å². The third-order valence-corrected chi connectivity index (χ3v) is 18.4. The van der Waals surface area contributed by atoms with Crippen molar-refractivity contribution in [3.05, 3.63) is 69.7 Å². The Morgan fingerprint density at radius 2 is 1.25 bits per heavy atom. The standard InChI is InChI=1S/C66H97ClF3N11O11/c1-13-42(5)58-65(92)77(9)38-56(85)75(7)39-57(86)79(11)52(36-45-25-23-41(4)24-26-45)64(91)76(8)37-53(82)73-49(30-28-44-27-29-47(48(67)35-44)66(68,69)70)63(90)81-32-18-21-50(81)60(87)71-31-17-16-22-54(83)80(12)59(46-19-14-15-20-46)62(89)72-43(6)34-55(84)78(10)51(33-40(2)3)61(88)74-58/h23-27,29,35,40,42-43,46,49-52,58-59H,13-22,28,30-34,36-39H2,1-12H3,(H,71,87)(H,72,89)(H,73,82)(H,74,88)/t42-,43+,49-,50-,51-,52-,58-,59-/m0/s1. The molecule has 2 aromatic carbocycles. The topological polar surface area (TPSA) is 259 Å². The van der Waals surface area contributed by atoms with E-state index in [1.807, 2.05) is 39.8 Å². The molecular formula is C66H97ClF3N11O11. The van der Waals surface area contributed by atoms with Gasteiger partial charge in [-0.2, -0.15) is 13.2 Å². The molecule has 8 atom stereocenters. The minimum atomic E-state index is -4.73. The Kier molecular flexibility index (Phi) is 28.3. The number of aryl methyl sites for hydroxylation is 2. The maximum absolute atomic E-state index is 14.7. The van der Waals surface area contributed by atoms with Crippen molar-refractivity contribution in [1.82, 2.24) is 55.6 Å². The molecule has 0 spiro atoms. The van der Waals surface area contributed by atoms with Crippen LogP contribution in [0, 0.1) is 24.7 Å². The van der Waals surface area contributed by atoms with Gasteiger partial charge in [0, 0.05) is 80.7 Å². The molecule has 0 unspecified atom stereocenters. The number of hydrogen-bond donors (Lipinski definition) is 4. The highest BCUT2D eigenvalue weighted by Crippen LogP contribution is 2.36. The number of nitrogens with one attached hydrogen (secondary N) is 4. The molecule has 2 saturated heterocycles. The van der Waals surface area contributed by atoms with Gasteiger partial charge < -0.3 is 55.6 Å². The number of amides is 11. The third-order valence-electron chi connectivity index (χ3n) is 18.1. The molecule has 1 saturated carbocycles. The predicted octanol–water partition coefficient (Wildman–Crippen LogP) is 5.14. The van der Waals surface area contributed by atoms with E-state index in [0.29, 0.717) is 49.7 Å². The number of nitrogens with zero attached hydrogens (tertiary/aromatic N) is 7. The third kappa shape index (κ3) is 21.1. The molecule has 1 aliphatic carbocycles. The van der Waals surface area contributed by atoms with E-state index in [1.165, 1.54) is 56.0 Å². The first-order valence-corrected chi connectivity index (χ1v) is 32.5. The number of hydrogen-bond acceptors (Lipinski definition) is 11. The summed E-state index contributed by atoms with van der Waals surface area (Å²) in [6, 6.07) is 3.06. The first-order chi connectivity index (χ1) is 43.2. The van der Waals surface area contributed by atoms with E-state index in [9.17, 15) is 65.9 Å². The molecule has 92 heavy (non-hydrogen) atoms. The predicted molar refractivity (Wildman–Crippen MR) is 341 cm³/mol. The molecule has 0 radical (unpaired) electrons. The van der Waals surface area contributed by atoms with Gasteiger partial charge in [-0.25, -0.2) is 0 Å². The second-order valence-corrected chi connectivity index (χ2v) is 26.3. The SMILES string of the molecule is CC[C@H](C)[C@@H]1NC(=O)[C@H](CC(C)C)N(C)C(=O)C[C@@H](C)NC(=O)[C@H](C2CCCC2)N(C)C(=O)CCCCNC(=O)[C@@H]2CCCN2C(=O)[C@H](CCc2ccc(C(F)(F)F)c(Cl)c2)NC(=O)CN(C)C(=O)[C@H](Cc2ccc(C)cc2)N(C)C(=O)CN(C)C(=O)CN(C)C1=O. The fourth-order valence-corrected chi connectivity index (χ4v) is 12.5. The molecule has 0 bridgehead atoms. The zero-order chi connectivity index (χ0) is 68.5. The van der Waals surface area contributed by atoms with E-state index in [-0.39, 0.29) is 75.8 Å². The molecule has 510 valence electrons. The lowest BCUT2D eigenvalue weighted by Gasteiger charge is -2.34. The van der Waals surface area contributed by atoms with Gasteiger partial charge in [0.15, 0.2) is 0 Å². The maximum Gasteiger partial charge on any atom is 0.417 e. The molecule has 26 heteroatoms. The van der Waals surface area contributed by atoms with Crippen molar-refractivity contribution in [2.24, 2.45) is 17.8 Å². The number of halogens is 4. The molecule has 2 aliphatic heterocycles. The van der Waals surface area contributed by atoms with Gasteiger partial charge in [0.2, 0.25) is 65.0 Å². The summed E-state index contributed by atoms with van der Waals surface area (Å²) in [5.74, 6) is -7.02. The van der Waals surface area contributed by atoms with Crippen LogP contribution in [0.2, 0.25) is 5.02 Å². The monoisotopic (exact) mass is 1310 g/mol. The highest BCUT2D eigenvalue weighted by molar-refractivity contribution is 6.31. The van der Waals surface area contributed by atoms with Crippen molar-refractivity contribution in [3.8, 4) is 0 Å². The first kappa shape index (κ1) is 75.4. The van der Waals surface area contributed by atoms with Crippen LogP contribution in [0.25, 0.3) is 0 Å². The lowest BCUT2D eigenvalue weighted by molar-refractivity contribution is -0.148. The van der Waals surface area contributed by atoms with E-state index in [0.717, 1.165) is 50.1 Å². The van der Waals surface area contributed by atoms with E-state index >= 15 is 0 Å². The fraction of sp³-hybridized carbons (Fsp3) is 0.652. The number of rotatable bonds is 10. The molecule has 11 amide bonds. The number of alkyl halides is 3.